The molecule has 0 aliphatic carbocycles. The molecule has 0 aromatic carbocycles. The first-order valence-electron chi connectivity index (χ1n) is 27.6. The van der Waals surface area contributed by atoms with E-state index in [2.05, 4.69) is 41.5 Å². The topological polar surface area (TPSA) is 78.9 Å². The molecule has 0 saturated carbocycles. The van der Waals surface area contributed by atoms with Crippen molar-refractivity contribution in [1.82, 2.24) is 0 Å². The van der Waals surface area contributed by atoms with E-state index in [1.165, 1.54) is 186 Å². The van der Waals surface area contributed by atoms with E-state index in [1.54, 1.807) is 0 Å². The molecule has 0 heterocycles. The SMILES string of the molecule is CCC(C)CCCCCCCCCCC(=O)O[C@H](COC(=O)CCCCCCCCCCCCCCCCCCCCC(C)C)COC(=O)CCCCCCCCCCC(C)C. The lowest BCUT2D eigenvalue weighted by Crippen LogP contribution is -2.30. The second-order valence-electron chi connectivity index (χ2n) is 20.4. The number of hydrogen-bond donors (Lipinski definition) is 0. The minimum Gasteiger partial charge on any atom is -0.462 e. The summed E-state index contributed by atoms with van der Waals surface area (Å²) in [5.74, 6) is 1.65. The van der Waals surface area contributed by atoms with Gasteiger partial charge in [-0.25, -0.2) is 0 Å². The Kier molecular flexibility index (Phi) is 46.2. The van der Waals surface area contributed by atoms with Gasteiger partial charge in [0.1, 0.15) is 13.2 Å². The lowest BCUT2D eigenvalue weighted by atomic mass is 9.99. The first-order valence-corrected chi connectivity index (χ1v) is 27.6. The summed E-state index contributed by atoms with van der Waals surface area (Å²) in [7, 11) is 0. The summed E-state index contributed by atoms with van der Waals surface area (Å²) < 4.78 is 16.8. The third-order valence-corrected chi connectivity index (χ3v) is 13.0. The second kappa shape index (κ2) is 47.4. The van der Waals surface area contributed by atoms with Crippen molar-refractivity contribution in [3.05, 3.63) is 0 Å². The molecule has 0 aliphatic heterocycles. The molecule has 0 bridgehead atoms. The molecule has 6 nitrogen and oxygen atoms in total. The van der Waals surface area contributed by atoms with Gasteiger partial charge in [-0.2, -0.15) is 0 Å². The third-order valence-electron chi connectivity index (χ3n) is 13.0. The molecular formula is C56H108O6. The fraction of sp³-hybridized carbons (Fsp3) is 0.946. The summed E-state index contributed by atoms with van der Waals surface area (Å²) >= 11 is 0. The Morgan fingerprint density at radius 2 is 0.565 bits per heavy atom. The van der Waals surface area contributed by atoms with Crippen molar-refractivity contribution in [3.63, 3.8) is 0 Å². The van der Waals surface area contributed by atoms with E-state index < -0.39 is 6.10 Å². The van der Waals surface area contributed by atoms with Gasteiger partial charge in [-0.3, -0.25) is 14.4 Å². The van der Waals surface area contributed by atoms with E-state index in [0.29, 0.717) is 19.3 Å². The summed E-state index contributed by atoms with van der Waals surface area (Å²) in [5, 5.41) is 0. The van der Waals surface area contributed by atoms with Gasteiger partial charge in [0, 0.05) is 19.3 Å². The lowest BCUT2D eigenvalue weighted by Gasteiger charge is -2.18. The van der Waals surface area contributed by atoms with Crippen LogP contribution in [-0.2, 0) is 28.6 Å². The van der Waals surface area contributed by atoms with Crippen molar-refractivity contribution >= 4 is 17.9 Å². The van der Waals surface area contributed by atoms with Crippen molar-refractivity contribution in [2.75, 3.05) is 13.2 Å². The van der Waals surface area contributed by atoms with Crippen LogP contribution in [0.3, 0.4) is 0 Å². The van der Waals surface area contributed by atoms with Crippen molar-refractivity contribution in [3.8, 4) is 0 Å². The molecule has 0 fully saturated rings. The Morgan fingerprint density at radius 3 is 0.839 bits per heavy atom. The molecule has 6 heteroatoms. The van der Waals surface area contributed by atoms with Gasteiger partial charge in [0.25, 0.3) is 0 Å². The average Bonchev–Trinajstić information content (AvgIpc) is 3.24. The van der Waals surface area contributed by atoms with Gasteiger partial charge in [0.2, 0.25) is 0 Å². The maximum Gasteiger partial charge on any atom is 0.306 e. The Morgan fingerprint density at radius 1 is 0.323 bits per heavy atom. The van der Waals surface area contributed by atoms with Crippen LogP contribution in [0.1, 0.15) is 305 Å². The Bertz CT molecular complexity index is 962. The van der Waals surface area contributed by atoms with E-state index >= 15 is 0 Å². The van der Waals surface area contributed by atoms with E-state index in [9.17, 15) is 14.4 Å². The summed E-state index contributed by atoms with van der Waals surface area (Å²) in [6, 6.07) is 0. The molecule has 0 aromatic rings. The molecule has 0 aliphatic rings. The van der Waals surface area contributed by atoms with E-state index in [1.807, 2.05) is 0 Å². The normalized spacial score (nSPS) is 12.6. The monoisotopic (exact) mass is 877 g/mol. The minimum atomic E-state index is -0.763. The lowest BCUT2D eigenvalue weighted by molar-refractivity contribution is -0.167. The van der Waals surface area contributed by atoms with Crippen LogP contribution in [0.2, 0.25) is 0 Å². The molecule has 0 radical (unpaired) electrons. The molecule has 0 amide bonds. The standard InChI is InChI=1S/C56H108O6/c1-7-52(6)44-38-32-26-21-23-29-35-41-47-56(59)62-53(49-61-55(58)46-40-34-28-22-20-25-31-37-43-51(4)5)48-60-54(57)45-39-33-27-19-17-15-13-11-9-8-10-12-14-16-18-24-30-36-42-50(2)3/h50-53H,7-49H2,1-6H3/t52?,53-/m1/s1. The third kappa shape index (κ3) is 47.9. The van der Waals surface area contributed by atoms with E-state index in [0.717, 1.165) is 75.5 Å². The van der Waals surface area contributed by atoms with Gasteiger partial charge < -0.3 is 14.2 Å². The summed E-state index contributed by atoms with van der Waals surface area (Å²) in [5.41, 5.74) is 0. The maximum absolute atomic E-state index is 12.8. The number of ether oxygens (including phenoxy) is 3. The molecule has 1 unspecified atom stereocenters. The van der Waals surface area contributed by atoms with Crippen molar-refractivity contribution in [2.45, 2.75) is 311 Å². The van der Waals surface area contributed by atoms with Gasteiger partial charge in [-0.1, -0.05) is 266 Å². The molecule has 62 heavy (non-hydrogen) atoms. The second-order valence-corrected chi connectivity index (χ2v) is 20.4. The van der Waals surface area contributed by atoms with Gasteiger partial charge in [0.05, 0.1) is 0 Å². The highest BCUT2D eigenvalue weighted by Crippen LogP contribution is 2.18. The molecule has 0 rings (SSSR count). The van der Waals surface area contributed by atoms with Gasteiger partial charge >= 0.3 is 17.9 Å². The van der Waals surface area contributed by atoms with Gasteiger partial charge in [-0.15, -0.1) is 0 Å². The molecular weight excluding hydrogens is 769 g/mol. The number of rotatable bonds is 49. The zero-order valence-electron chi connectivity index (χ0n) is 42.7. The van der Waals surface area contributed by atoms with Crippen molar-refractivity contribution in [2.24, 2.45) is 17.8 Å². The fourth-order valence-electron chi connectivity index (χ4n) is 8.44. The Balaban J connectivity index is 4.21. The van der Waals surface area contributed by atoms with Crippen LogP contribution < -0.4 is 0 Å². The van der Waals surface area contributed by atoms with Crippen molar-refractivity contribution in [1.29, 1.82) is 0 Å². The Labute approximate surface area is 387 Å². The van der Waals surface area contributed by atoms with Crippen LogP contribution in [-0.4, -0.2) is 37.2 Å². The van der Waals surface area contributed by atoms with Crippen LogP contribution >= 0.6 is 0 Å². The predicted octanol–water partition coefficient (Wildman–Crippen LogP) is 17.9. The highest BCUT2D eigenvalue weighted by atomic mass is 16.6. The molecule has 0 N–H and O–H groups in total. The zero-order chi connectivity index (χ0) is 45.6. The van der Waals surface area contributed by atoms with Crippen LogP contribution in [0.4, 0.5) is 0 Å². The fourth-order valence-corrected chi connectivity index (χ4v) is 8.44. The number of unbranched alkanes of at least 4 members (excludes halogenated alkanes) is 31. The molecule has 368 valence electrons. The van der Waals surface area contributed by atoms with Crippen LogP contribution in [0, 0.1) is 17.8 Å². The van der Waals surface area contributed by atoms with Crippen molar-refractivity contribution < 1.29 is 28.6 Å². The van der Waals surface area contributed by atoms with Crippen LogP contribution in [0.5, 0.6) is 0 Å². The smallest absolute Gasteiger partial charge is 0.306 e. The average molecular weight is 877 g/mol. The van der Waals surface area contributed by atoms with Gasteiger partial charge in [-0.05, 0) is 37.0 Å². The first kappa shape index (κ1) is 60.4. The van der Waals surface area contributed by atoms with E-state index in [4.69, 9.17) is 14.2 Å². The van der Waals surface area contributed by atoms with Crippen LogP contribution in [0.15, 0.2) is 0 Å². The number of carbonyl (C=O) groups excluding carboxylic acids is 3. The quantitative estimate of drug-likeness (QED) is 0.0344. The number of hydrogen-bond acceptors (Lipinski definition) is 6. The number of carbonyl (C=O) groups is 3. The highest BCUT2D eigenvalue weighted by Gasteiger charge is 2.19. The highest BCUT2D eigenvalue weighted by molar-refractivity contribution is 5.71. The van der Waals surface area contributed by atoms with Crippen LogP contribution in [0.25, 0.3) is 0 Å². The maximum atomic E-state index is 12.8. The molecule has 0 aromatic heterocycles. The van der Waals surface area contributed by atoms with E-state index in [-0.39, 0.29) is 31.1 Å². The Hall–Kier alpha value is -1.59. The number of esters is 3. The zero-order valence-corrected chi connectivity index (χ0v) is 42.7. The minimum absolute atomic E-state index is 0.0647. The largest absolute Gasteiger partial charge is 0.462 e. The summed E-state index contributed by atoms with van der Waals surface area (Å²) in [6.45, 7) is 13.7. The predicted molar refractivity (Wildman–Crippen MR) is 266 cm³/mol. The van der Waals surface area contributed by atoms with Gasteiger partial charge in [0.15, 0.2) is 6.10 Å². The molecule has 0 spiro atoms. The molecule has 2 atom stereocenters. The molecule has 0 saturated heterocycles. The summed E-state index contributed by atoms with van der Waals surface area (Å²) in [6.07, 6.45) is 48.1. The first-order chi connectivity index (χ1) is 30.1. The summed E-state index contributed by atoms with van der Waals surface area (Å²) in [4.78, 5) is 38.0.